The van der Waals surface area contributed by atoms with Gasteiger partial charge in [0.05, 0.1) is 6.42 Å². The van der Waals surface area contributed by atoms with E-state index in [4.69, 9.17) is 9.47 Å². The van der Waals surface area contributed by atoms with Gasteiger partial charge in [-0.3, -0.25) is 4.79 Å². The van der Waals surface area contributed by atoms with E-state index in [0.29, 0.717) is 13.0 Å². The van der Waals surface area contributed by atoms with E-state index in [0.717, 1.165) is 33.3 Å². The number of carbonyl (C=O) groups excluding carboxylic acids is 1. The highest BCUT2D eigenvalue weighted by Gasteiger charge is 2.13. The van der Waals surface area contributed by atoms with Crippen molar-refractivity contribution in [3.05, 3.63) is 70.4 Å². The van der Waals surface area contributed by atoms with E-state index >= 15 is 0 Å². The summed E-state index contributed by atoms with van der Waals surface area (Å²) >= 11 is 1.59. The molecule has 0 fully saturated rings. The second-order valence-corrected chi connectivity index (χ2v) is 6.96. The van der Waals surface area contributed by atoms with Crippen molar-refractivity contribution in [1.82, 2.24) is 0 Å². The lowest BCUT2D eigenvalue weighted by molar-refractivity contribution is -0.115. The summed E-state index contributed by atoms with van der Waals surface area (Å²) in [6.07, 6.45) is 0.405. The summed E-state index contributed by atoms with van der Waals surface area (Å²) in [6.45, 7) is 0.965. The summed E-state index contributed by atoms with van der Waals surface area (Å²) in [5.74, 6) is 1.57. The van der Waals surface area contributed by atoms with Crippen molar-refractivity contribution in [2.75, 3.05) is 17.4 Å². The van der Waals surface area contributed by atoms with E-state index in [9.17, 15) is 4.79 Å². The van der Waals surface area contributed by atoms with Gasteiger partial charge in [-0.05, 0) is 53.4 Å². The first-order valence-electron chi connectivity index (χ1n) is 8.31. The van der Waals surface area contributed by atoms with Gasteiger partial charge in [-0.15, -0.1) is 11.3 Å². The van der Waals surface area contributed by atoms with Crippen LogP contribution in [-0.4, -0.2) is 12.7 Å². The molecule has 6 heteroatoms. The third-order valence-corrected chi connectivity index (χ3v) is 4.89. The molecular formula is C20H18N2O3S. The molecule has 0 aliphatic carbocycles. The van der Waals surface area contributed by atoms with Crippen LogP contribution < -0.4 is 20.1 Å². The minimum absolute atomic E-state index is 0.00600. The molecule has 0 spiro atoms. The number of anilines is 2. The molecule has 26 heavy (non-hydrogen) atoms. The van der Waals surface area contributed by atoms with Gasteiger partial charge in [-0.25, -0.2) is 0 Å². The Morgan fingerprint density at radius 3 is 2.62 bits per heavy atom. The van der Waals surface area contributed by atoms with E-state index in [1.807, 2.05) is 60.0 Å². The Bertz CT molecular complexity index is 892. The van der Waals surface area contributed by atoms with Crippen LogP contribution in [0.1, 0.15) is 10.4 Å². The van der Waals surface area contributed by atoms with Crippen molar-refractivity contribution in [1.29, 1.82) is 0 Å². The third-order valence-electron chi connectivity index (χ3n) is 4.02. The maximum Gasteiger partial charge on any atom is 0.231 e. The number of nitrogens with one attached hydrogen (secondary N) is 2. The highest BCUT2D eigenvalue weighted by Crippen LogP contribution is 2.32. The van der Waals surface area contributed by atoms with Gasteiger partial charge < -0.3 is 20.1 Å². The molecule has 5 nitrogen and oxygen atoms in total. The lowest BCUT2D eigenvalue weighted by Gasteiger charge is -2.09. The van der Waals surface area contributed by atoms with Gasteiger partial charge in [-0.1, -0.05) is 12.1 Å². The van der Waals surface area contributed by atoms with Gasteiger partial charge in [0.2, 0.25) is 12.7 Å². The largest absolute Gasteiger partial charge is 0.454 e. The van der Waals surface area contributed by atoms with Gasteiger partial charge >= 0.3 is 0 Å². The lowest BCUT2D eigenvalue weighted by atomic mass is 10.2. The number of benzene rings is 2. The molecule has 2 heterocycles. The molecule has 0 saturated heterocycles. The number of fused-ring (bicyclic) bond motifs is 1. The number of carbonyl (C=O) groups is 1. The molecule has 1 aromatic heterocycles. The number of thiophene rings is 1. The van der Waals surface area contributed by atoms with Gasteiger partial charge in [0, 0.05) is 22.8 Å². The Kier molecular flexibility index (Phi) is 4.75. The van der Waals surface area contributed by atoms with Gasteiger partial charge in [-0.2, -0.15) is 0 Å². The monoisotopic (exact) mass is 366 g/mol. The number of rotatable bonds is 6. The minimum Gasteiger partial charge on any atom is -0.454 e. The molecule has 4 rings (SSSR count). The standard InChI is InChI=1S/C20H18N2O3S/c23-20(11-17-2-1-9-26-17)22-16-6-4-15(5-7-16)21-12-14-3-8-18-19(10-14)25-13-24-18/h1-10,21H,11-13H2,(H,22,23). The zero-order valence-corrected chi connectivity index (χ0v) is 14.8. The fourth-order valence-corrected chi connectivity index (χ4v) is 3.41. The predicted octanol–water partition coefficient (Wildman–Crippen LogP) is 4.27. The third kappa shape index (κ3) is 3.97. The van der Waals surface area contributed by atoms with Crippen LogP contribution in [0.4, 0.5) is 11.4 Å². The van der Waals surface area contributed by atoms with Crippen LogP contribution in [0.3, 0.4) is 0 Å². The fourth-order valence-electron chi connectivity index (χ4n) is 2.70. The zero-order chi connectivity index (χ0) is 17.8. The van der Waals surface area contributed by atoms with E-state index in [1.165, 1.54) is 0 Å². The molecule has 0 atom stereocenters. The van der Waals surface area contributed by atoms with Crippen LogP contribution >= 0.6 is 11.3 Å². The molecule has 2 N–H and O–H groups in total. The average molecular weight is 366 g/mol. The van der Waals surface area contributed by atoms with Crippen LogP contribution in [0, 0.1) is 0 Å². The van der Waals surface area contributed by atoms with Crippen LogP contribution in [0.5, 0.6) is 11.5 Å². The molecule has 1 amide bonds. The molecule has 1 aliphatic heterocycles. The van der Waals surface area contributed by atoms with Gasteiger partial charge in [0.1, 0.15) is 0 Å². The van der Waals surface area contributed by atoms with Gasteiger partial charge in [0.15, 0.2) is 11.5 Å². The SMILES string of the molecule is O=C(Cc1cccs1)Nc1ccc(NCc2ccc3c(c2)OCO3)cc1. The molecule has 0 unspecified atom stereocenters. The van der Waals surface area contributed by atoms with E-state index < -0.39 is 0 Å². The first-order chi connectivity index (χ1) is 12.8. The Morgan fingerprint density at radius 1 is 1.00 bits per heavy atom. The van der Waals surface area contributed by atoms with Crippen LogP contribution in [0.25, 0.3) is 0 Å². The van der Waals surface area contributed by atoms with E-state index in [2.05, 4.69) is 10.6 Å². The second kappa shape index (κ2) is 7.49. The minimum atomic E-state index is -0.00600. The average Bonchev–Trinajstić information content (AvgIpc) is 3.32. The van der Waals surface area contributed by atoms with Crippen LogP contribution in [-0.2, 0) is 17.8 Å². The van der Waals surface area contributed by atoms with Crippen molar-refractivity contribution in [3.63, 3.8) is 0 Å². The first kappa shape index (κ1) is 16.5. The number of ether oxygens (including phenoxy) is 2. The zero-order valence-electron chi connectivity index (χ0n) is 14.0. The predicted molar refractivity (Wildman–Crippen MR) is 103 cm³/mol. The van der Waals surface area contributed by atoms with Crippen molar-refractivity contribution < 1.29 is 14.3 Å². The lowest BCUT2D eigenvalue weighted by Crippen LogP contribution is -2.13. The molecule has 0 saturated carbocycles. The van der Waals surface area contributed by atoms with E-state index in [1.54, 1.807) is 11.3 Å². The molecule has 0 radical (unpaired) electrons. The maximum atomic E-state index is 12.0. The number of hydrogen-bond donors (Lipinski definition) is 2. The molecule has 3 aromatic rings. The summed E-state index contributed by atoms with van der Waals surface area (Å²) in [6, 6.07) is 17.5. The molecule has 2 aromatic carbocycles. The van der Waals surface area contributed by atoms with Crippen molar-refractivity contribution in [2.45, 2.75) is 13.0 Å². The number of amides is 1. The van der Waals surface area contributed by atoms with Crippen LogP contribution in [0.15, 0.2) is 60.0 Å². The Labute approximate surface area is 155 Å². The molecule has 0 bridgehead atoms. The summed E-state index contributed by atoms with van der Waals surface area (Å²) in [5.41, 5.74) is 2.89. The Morgan fingerprint density at radius 2 is 1.81 bits per heavy atom. The highest BCUT2D eigenvalue weighted by atomic mass is 32.1. The Balaban J connectivity index is 1.30. The highest BCUT2D eigenvalue weighted by molar-refractivity contribution is 7.10. The summed E-state index contributed by atoms with van der Waals surface area (Å²) < 4.78 is 10.7. The molecule has 132 valence electrons. The Hall–Kier alpha value is -2.99. The second-order valence-electron chi connectivity index (χ2n) is 5.92. The van der Waals surface area contributed by atoms with Gasteiger partial charge in [0.25, 0.3) is 0 Å². The quantitative estimate of drug-likeness (QED) is 0.684. The van der Waals surface area contributed by atoms with Crippen molar-refractivity contribution in [3.8, 4) is 11.5 Å². The fraction of sp³-hybridized carbons (Fsp3) is 0.150. The summed E-state index contributed by atoms with van der Waals surface area (Å²) in [7, 11) is 0. The normalized spacial score (nSPS) is 12.0. The summed E-state index contributed by atoms with van der Waals surface area (Å²) in [5, 5.41) is 8.26. The molecular weight excluding hydrogens is 348 g/mol. The summed E-state index contributed by atoms with van der Waals surface area (Å²) in [4.78, 5) is 13.1. The van der Waals surface area contributed by atoms with Crippen molar-refractivity contribution >= 4 is 28.6 Å². The van der Waals surface area contributed by atoms with Crippen molar-refractivity contribution in [2.24, 2.45) is 0 Å². The molecule has 1 aliphatic rings. The maximum absolute atomic E-state index is 12.0. The van der Waals surface area contributed by atoms with Crippen LogP contribution in [0.2, 0.25) is 0 Å². The first-order valence-corrected chi connectivity index (χ1v) is 9.19. The number of hydrogen-bond acceptors (Lipinski definition) is 5. The smallest absolute Gasteiger partial charge is 0.231 e. The van der Waals surface area contributed by atoms with E-state index in [-0.39, 0.29) is 12.7 Å². The topological polar surface area (TPSA) is 59.6 Å².